The number of anilines is 1. The number of carbonyl (C=O) groups is 1. The van der Waals surface area contributed by atoms with E-state index >= 15 is 0 Å². The first-order valence-electron chi connectivity index (χ1n) is 7.55. The Kier molecular flexibility index (Phi) is 5.50. The quantitative estimate of drug-likeness (QED) is 0.636. The molecule has 0 fully saturated rings. The minimum absolute atomic E-state index is 0.00676. The lowest BCUT2D eigenvalue weighted by molar-refractivity contribution is -0.141. The molecule has 0 radical (unpaired) electrons. The van der Waals surface area contributed by atoms with E-state index in [-0.39, 0.29) is 15.5 Å². The Morgan fingerprint density at radius 3 is 2.46 bits per heavy atom. The van der Waals surface area contributed by atoms with Crippen LogP contribution in [0, 0.1) is 0 Å². The molecule has 0 saturated heterocycles. The second-order valence-corrected chi connectivity index (χ2v) is 8.65. The summed E-state index contributed by atoms with van der Waals surface area (Å²) in [6.07, 6.45) is -3.60. The topological polar surface area (TPSA) is 81.1 Å². The molecule has 0 atom stereocenters. The maximum absolute atomic E-state index is 12.8. The Bertz CT molecular complexity index is 1110. The summed E-state index contributed by atoms with van der Waals surface area (Å²) >= 11 is 6.82. The minimum Gasteiger partial charge on any atom is -0.323 e. The van der Waals surface area contributed by atoms with Crippen molar-refractivity contribution in [2.24, 2.45) is 0 Å². The first-order valence-corrected chi connectivity index (χ1v) is 10.3. The fourth-order valence-electron chi connectivity index (χ4n) is 2.26. The van der Waals surface area contributed by atoms with Crippen LogP contribution in [0.15, 0.2) is 57.1 Å². The van der Waals surface area contributed by atoms with Gasteiger partial charge in [0, 0.05) is 22.0 Å². The lowest BCUT2D eigenvalue weighted by Crippen LogP contribution is -2.20. The molecule has 0 unspecified atom stereocenters. The van der Waals surface area contributed by atoms with Crippen LogP contribution in [-0.2, 0) is 27.4 Å². The van der Waals surface area contributed by atoms with Crippen LogP contribution in [-0.4, -0.2) is 24.1 Å². The molecule has 2 heterocycles. The highest BCUT2D eigenvalue weighted by Gasteiger charge is 2.33. The highest BCUT2D eigenvalue weighted by molar-refractivity contribution is 7.91. The molecule has 2 aromatic heterocycles. The third kappa shape index (κ3) is 4.37. The van der Waals surface area contributed by atoms with Crippen molar-refractivity contribution < 1.29 is 26.4 Å². The van der Waals surface area contributed by atoms with Crippen molar-refractivity contribution in [3.05, 3.63) is 58.0 Å². The van der Waals surface area contributed by atoms with Gasteiger partial charge in [-0.05, 0) is 30.3 Å². The average molecular weight is 450 g/mol. The van der Waals surface area contributed by atoms with Gasteiger partial charge < -0.3 is 5.32 Å². The number of amides is 1. The fourth-order valence-corrected chi connectivity index (χ4v) is 4.93. The lowest BCUT2D eigenvalue weighted by atomic mass is 10.4. The number of hydrogen-bond donors (Lipinski definition) is 1. The van der Waals surface area contributed by atoms with Gasteiger partial charge in [0.1, 0.15) is 11.4 Å². The summed E-state index contributed by atoms with van der Waals surface area (Å²) in [5.74, 6) is -0.720. The van der Waals surface area contributed by atoms with E-state index < -0.39 is 34.2 Å². The zero-order valence-corrected chi connectivity index (χ0v) is 16.2. The number of carbonyl (C=O) groups excluding carboxylic acids is 1. The smallest absolute Gasteiger partial charge is 0.323 e. The van der Waals surface area contributed by atoms with Crippen molar-refractivity contribution >= 4 is 44.4 Å². The van der Waals surface area contributed by atoms with Crippen LogP contribution in [0.3, 0.4) is 0 Å². The van der Waals surface area contributed by atoms with Crippen molar-refractivity contribution in [1.82, 2.24) is 9.78 Å². The van der Waals surface area contributed by atoms with Gasteiger partial charge in [0.05, 0.1) is 10.6 Å². The van der Waals surface area contributed by atoms with E-state index in [1.165, 1.54) is 35.0 Å². The third-order valence-electron chi connectivity index (χ3n) is 3.55. The SMILES string of the molecule is O=C(Cn1ccc(C(F)(F)F)n1)Nc1cscc1S(=O)(=O)c1ccc(Cl)cc1. The van der Waals surface area contributed by atoms with Crippen molar-refractivity contribution in [2.45, 2.75) is 22.5 Å². The van der Waals surface area contributed by atoms with Gasteiger partial charge in [0.2, 0.25) is 15.7 Å². The standard InChI is InChI=1S/C16H11ClF3N3O3S2/c17-10-1-3-11(4-2-10)28(25,26)13-9-27-8-12(13)21-15(24)7-23-6-5-14(22-23)16(18,19)20/h1-6,8-9H,7H2,(H,21,24). The summed E-state index contributed by atoms with van der Waals surface area (Å²) in [5, 5.41) is 8.83. The van der Waals surface area contributed by atoms with Gasteiger partial charge in [-0.2, -0.15) is 18.3 Å². The Morgan fingerprint density at radius 2 is 1.86 bits per heavy atom. The van der Waals surface area contributed by atoms with Crippen molar-refractivity contribution in [3.63, 3.8) is 0 Å². The number of aromatic nitrogens is 2. The van der Waals surface area contributed by atoms with Crippen LogP contribution < -0.4 is 5.32 Å². The molecular weight excluding hydrogens is 439 g/mol. The van der Waals surface area contributed by atoms with Gasteiger partial charge in [-0.1, -0.05) is 11.6 Å². The van der Waals surface area contributed by atoms with Crippen LogP contribution in [0.4, 0.5) is 18.9 Å². The van der Waals surface area contributed by atoms with Crippen molar-refractivity contribution in [3.8, 4) is 0 Å². The molecule has 0 aliphatic carbocycles. The summed E-state index contributed by atoms with van der Waals surface area (Å²) < 4.78 is 64.0. The normalized spacial score (nSPS) is 12.1. The molecule has 6 nitrogen and oxygen atoms in total. The van der Waals surface area contributed by atoms with Crippen LogP contribution in [0.25, 0.3) is 0 Å². The van der Waals surface area contributed by atoms with Crippen molar-refractivity contribution in [2.75, 3.05) is 5.32 Å². The van der Waals surface area contributed by atoms with Crippen molar-refractivity contribution in [1.29, 1.82) is 0 Å². The fraction of sp³-hybridized carbons (Fsp3) is 0.125. The molecule has 0 aliphatic heterocycles. The summed E-state index contributed by atoms with van der Waals surface area (Å²) in [7, 11) is -3.91. The number of alkyl halides is 3. The molecule has 0 spiro atoms. The highest BCUT2D eigenvalue weighted by atomic mass is 35.5. The maximum atomic E-state index is 12.8. The summed E-state index contributed by atoms with van der Waals surface area (Å²) in [6.45, 7) is -0.508. The van der Waals surface area contributed by atoms with E-state index in [0.717, 1.165) is 28.3 Å². The van der Waals surface area contributed by atoms with E-state index in [9.17, 15) is 26.4 Å². The molecule has 3 aromatic rings. The molecule has 1 aromatic carbocycles. The molecule has 1 amide bonds. The van der Waals surface area contributed by atoms with E-state index in [4.69, 9.17) is 11.6 Å². The molecule has 12 heteroatoms. The van der Waals surface area contributed by atoms with Gasteiger partial charge in [-0.3, -0.25) is 9.48 Å². The molecule has 28 heavy (non-hydrogen) atoms. The Labute approximate surface area is 166 Å². The number of sulfone groups is 1. The second kappa shape index (κ2) is 7.57. The van der Waals surface area contributed by atoms with E-state index in [0.29, 0.717) is 5.02 Å². The van der Waals surface area contributed by atoms with Crippen LogP contribution in [0.5, 0.6) is 0 Å². The van der Waals surface area contributed by atoms with Crippen LogP contribution in [0.2, 0.25) is 5.02 Å². The predicted octanol–water partition coefficient (Wildman–Crippen LogP) is 4.09. The molecule has 0 saturated carbocycles. The number of rotatable bonds is 5. The molecule has 1 N–H and O–H groups in total. The Hall–Kier alpha value is -2.37. The van der Waals surface area contributed by atoms with Gasteiger partial charge in [0.25, 0.3) is 0 Å². The van der Waals surface area contributed by atoms with Gasteiger partial charge in [-0.25, -0.2) is 8.42 Å². The first kappa shape index (κ1) is 20.4. The molecule has 0 aliphatic rings. The van der Waals surface area contributed by atoms with Crippen LogP contribution >= 0.6 is 22.9 Å². The van der Waals surface area contributed by atoms with E-state index in [1.54, 1.807) is 0 Å². The minimum atomic E-state index is -4.62. The summed E-state index contributed by atoms with van der Waals surface area (Å²) in [5.41, 5.74) is -1.09. The van der Waals surface area contributed by atoms with E-state index in [1.807, 2.05) is 0 Å². The summed E-state index contributed by atoms with van der Waals surface area (Å²) in [6, 6.07) is 6.27. The zero-order chi connectivity index (χ0) is 20.5. The maximum Gasteiger partial charge on any atom is 0.435 e. The van der Waals surface area contributed by atoms with Gasteiger partial charge in [-0.15, -0.1) is 11.3 Å². The Morgan fingerprint density at radius 1 is 1.18 bits per heavy atom. The zero-order valence-electron chi connectivity index (χ0n) is 13.8. The van der Waals surface area contributed by atoms with Gasteiger partial charge in [0.15, 0.2) is 5.69 Å². The number of nitrogens with one attached hydrogen (secondary N) is 1. The van der Waals surface area contributed by atoms with Gasteiger partial charge >= 0.3 is 6.18 Å². The number of thiophene rings is 1. The molecular formula is C16H11ClF3N3O3S2. The summed E-state index contributed by atoms with van der Waals surface area (Å²) in [4.78, 5) is 12.0. The third-order valence-corrected chi connectivity index (χ3v) is 6.50. The number of benzene rings is 1. The first-order chi connectivity index (χ1) is 13.1. The van der Waals surface area contributed by atoms with E-state index in [2.05, 4.69) is 10.4 Å². The monoisotopic (exact) mass is 449 g/mol. The second-order valence-electron chi connectivity index (χ2n) is 5.55. The highest BCUT2D eigenvalue weighted by Crippen LogP contribution is 2.32. The molecule has 0 bridgehead atoms. The number of nitrogens with zero attached hydrogens (tertiary/aromatic N) is 2. The molecule has 3 rings (SSSR count). The largest absolute Gasteiger partial charge is 0.435 e. The number of hydrogen-bond acceptors (Lipinski definition) is 5. The predicted molar refractivity (Wildman–Crippen MR) is 97.1 cm³/mol. The Balaban J connectivity index is 1.78. The van der Waals surface area contributed by atoms with Crippen LogP contribution in [0.1, 0.15) is 5.69 Å². The lowest BCUT2D eigenvalue weighted by Gasteiger charge is -2.08. The molecule has 148 valence electrons. The number of halogens is 4. The average Bonchev–Trinajstić information content (AvgIpc) is 3.24.